The van der Waals surface area contributed by atoms with Crippen LogP contribution in [0.15, 0.2) is 18.3 Å². The maximum Gasteiger partial charge on any atom is 1.00 e. The first-order valence-corrected chi connectivity index (χ1v) is 3.29. The van der Waals surface area contributed by atoms with Crippen molar-refractivity contribution in [3.05, 3.63) is 33.7 Å². The molecule has 0 radical (unpaired) electrons. The summed E-state index contributed by atoms with van der Waals surface area (Å²) in [7, 11) is 0. The van der Waals surface area contributed by atoms with Gasteiger partial charge in [-0.15, -0.1) is 0 Å². The van der Waals surface area contributed by atoms with E-state index in [0.717, 1.165) is 6.20 Å². The molecule has 0 spiro atoms. The number of alkyl halides is 3. The Labute approximate surface area is 99.2 Å². The number of hydrogen-bond acceptors (Lipinski definition) is 2. The minimum atomic E-state index is -4.44. The van der Waals surface area contributed by atoms with Gasteiger partial charge in [-0.25, -0.2) is 0 Å². The van der Waals surface area contributed by atoms with Crippen molar-refractivity contribution >= 4 is 12.2 Å². The van der Waals surface area contributed by atoms with Crippen molar-refractivity contribution < 1.29 is 42.7 Å². The summed E-state index contributed by atoms with van der Waals surface area (Å²) in [6, 6.07) is 1.31. The van der Waals surface area contributed by atoms with Crippen LogP contribution in [0.4, 0.5) is 13.2 Å². The molecule has 0 saturated heterocycles. The number of rotatable bonds is 0. The second-order valence-corrected chi connectivity index (χ2v) is 2.50. The Bertz CT molecular complexity index is 348. The molecule has 66 valence electrons. The molecular formula is C6H3F3NNaOS. The molecule has 0 amide bonds. The number of nitrogens with zero attached hydrogens (tertiary/aromatic N) is 1. The zero-order valence-corrected chi connectivity index (χ0v) is 9.45. The Hall–Kier alpha value is -0.0400. The molecule has 0 saturated carbocycles. The van der Waals surface area contributed by atoms with E-state index in [2.05, 4.69) is 12.2 Å². The summed E-state index contributed by atoms with van der Waals surface area (Å²) in [5.74, 6) is 0. The van der Waals surface area contributed by atoms with Crippen molar-refractivity contribution in [1.82, 2.24) is 4.73 Å². The molecule has 0 N–H and O–H groups in total. The van der Waals surface area contributed by atoms with E-state index in [0.29, 0.717) is 12.1 Å². The van der Waals surface area contributed by atoms with Gasteiger partial charge in [-0.05, 0) is 18.3 Å². The van der Waals surface area contributed by atoms with Crippen molar-refractivity contribution in [2.75, 3.05) is 0 Å². The second-order valence-electron chi connectivity index (χ2n) is 2.08. The van der Waals surface area contributed by atoms with Crippen LogP contribution in [-0.2, 0) is 6.18 Å². The summed E-state index contributed by atoms with van der Waals surface area (Å²) < 4.78 is 35.6. The Morgan fingerprint density at radius 1 is 1.38 bits per heavy atom. The van der Waals surface area contributed by atoms with Gasteiger partial charge in [0, 0.05) is 0 Å². The molecule has 13 heavy (non-hydrogen) atoms. The van der Waals surface area contributed by atoms with Crippen LogP contribution in [0.25, 0.3) is 0 Å². The summed E-state index contributed by atoms with van der Waals surface area (Å²) in [4.78, 5) is 0. The first-order valence-electron chi connectivity index (χ1n) is 2.88. The number of halogens is 3. The third-order valence-corrected chi connectivity index (χ3v) is 1.51. The van der Waals surface area contributed by atoms with E-state index >= 15 is 0 Å². The van der Waals surface area contributed by atoms with Crippen molar-refractivity contribution in [1.29, 1.82) is 0 Å². The molecule has 0 aliphatic rings. The van der Waals surface area contributed by atoms with Crippen molar-refractivity contribution in [3.63, 3.8) is 0 Å². The summed E-state index contributed by atoms with van der Waals surface area (Å²) in [6.45, 7) is 0. The molecule has 1 rings (SSSR count). The normalized spacial score (nSPS) is 10.7. The number of aromatic nitrogens is 1. The van der Waals surface area contributed by atoms with Crippen molar-refractivity contribution in [2.45, 2.75) is 6.18 Å². The largest absolute Gasteiger partial charge is 1.00 e. The van der Waals surface area contributed by atoms with Gasteiger partial charge in [-0.1, -0.05) is 12.2 Å². The zero-order chi connectivity index (χ0) is 9.35. The van der Waals surface area contributed by atoms with E-state index in [1.807, 2.05) is 0 Å². The van der Waals surface area contributed by atoms with Crippen molar-refractivity contribution in [2.24, 2.45) is 0 Å². The summed E-state index contributed by atoms with van der Waals surface area (Å²) in [5, 5.41) is 10.5. The molecule has 1 aromatic heterocycles. The fourth-order valence-electron chi connectivity index (χ4n) is 0.643. The third-order valence-electron chi connectivity index (χ3n) is 1.21. The molecule has 1 aromatic rings. The number of hydrogen-bond donors (Lipinski definition) is 0. The van der Waals surface area contributed by atoms with E-state index in [4.69, 9.17) is 0 Å². The molecule has 0 aromatic carbocycles. The van der Waals surface area contributed by atoms with Crippen LogP contribution in [0.2, 0.25) is 0 Å². The molecule has 1 heterocycles. The topological polar surface area (TPSA) is 28.0 Å². The Balaban J connectivity index is 0.00000144. The van der Waals surface area contributed by atoms with Crippen LogP contribution in [0.1, 0.15) is 5.56 Å². The first-order chi connectivity index (χ1) is 5.41. The molecular weight excluding hydrogens is 214 g/mol. The van der Waals surface area contributed by atoms with Gasteiger partial charge in [0.1, 0.15) is 4.64 Å². The summed E-state index contributed by atoms with van der Waals surface area (Å²) in [5.41, 5.74) is -0.903. The van der Waals surface area contributed by atoms with Crippen LogP contribution in [-0.4, -0.2) is 4.73 Å². The Morgan fingerprint density at radius 3 is 2.31 bits per heavy atom. The van der Waals surface area contributed by atoms with Gasteiger partial charge in [0.15, 0.2) is 0 Å². The molecule has 0 atom stereocenters. The van der Waals surface area contributed by atoms with Gasteiger partial charge in [0.05, 0.1) is 5.56 Å². The van der Waals surface area contributed by atoms with Crippen LogP contribution >= 0.6 is 12.2 Å². The first kappa shape index (κ1) is 13.0. The van der Waals surface area contributed by atoms with Crippen molar-refractivity contribution in [3.8, 4) is 0 Å². The smallest absolute Gasteiger partial charge is 0.805 e. The molecule has 0 aliphatic heterocycles. The SMILES string of the molecule is [Na+].[O-]n1ccc(C(F)(F)F)cc1=S. The van der Waals surface area contributed by atoms with Gasteiger partial charge in [0.25, 0.3) is 0 Å². The molecule has 0 aliphatic carbocycles. The van der Waals surface area contributed by atoms with Crippen LogP contribution in [0.3, 0.4) is 0 Å². The van der Waals surface area contributed by atoms with Gasteiger partial charge in [-0.3, -0.25) is 0 Å². The minimum absolute atomic E-state index is 0. The molecule has 7 heteroatoms. The predicted octanol–water partition coefficient (Wildman–Crippen LogP) is -0.414. The van der Waals surface area contributed by atoms with Crippen LogP contribution < -0.4 is 29.6 Å². The van der Waals surface area contributed by atoms with Gasteiger partial charge in [-0.2, -0.15) is 13.2 Å². The fourth-order valence-corrected chi connectivity index (χ4v) is 0.830. The molecule has 0 fully saturated rings. The molecule has 2 nitrogen and oxygen atoms in total. The van der Waals surface area contributed by atoms with Gasteiger partial charge in [0.2, 0.25) is 0 Å². The minimum Gasteiger partial charge on any atom is -0.805 e. The standard InChI is InChI=1S/C6H3F3NOS.Na/c7-6(8,9)4-1-2-10(11)5(12)3-4;/h1-3H;/q-1;+1. The van der Waals surface area contributed by atoms with Gasteiger partial charge >= 0.3 is 35.7 Å². The van der Waals surface area contributed by atoms with Crippen LogP contribution in [0, 0.1) is 9.85 Å². The summed E-state index contributed by atoms with van der Waals surface area (Å²) in [6.07, 6.45) is -3.70. The maximum atomic E-state index is 11.9. The van der Waals surface area contributed by atoms with Crippen LogP contribution in [0.5, 0.6) is 0 Å². The van der Waals surface area contributed by atoms with Gasteiger partial charge < -0.3 is 9.94 Å². The fraction of sp³-hybridized carbons (Fsp3) is 0.167. The summed E-state index contributed by atoms with van der Waals surface area (Å²) >= 11 is 4.36. The van der Waals surface area contributed by atoms with E-state index in [1.54, 1.807) is 0 Å². The second kappa shape index (κ2) is 4.45. The van der Waals surface area contributed by atoms with E-state index in [-0.39, 0.29) is 38.9 Å². The molecule has 0 bridgehead atoms. The van der Waals surface area contributed by atoms with E-state index in [9.17, 15) is 18.4 Å². The zero-order valence-electron chi connectivity index (χ0n) is 6.63. The monoisotopic (exact) mass is 217 g/mol. The predicted molar refractivity (Wildman–Crippen MR) is 39.0 cm³/mol. The van der Waals surface area contributed by atoms with E-state index in [1.165, 1.54) is 0 Å². The Morgan fingerprint density at radius 2 is 1.92 bits per heavy atom. The Kier molecular flexibility index (Phi) is 4.44. The third kappa shape index (κ3) is 3.30. The average molecular weight is 217 g/mol. The van der Waals surface area contributed by atoms with E-state index < -0.39 is 11.7 Å². The quantitative estimate of drug-likeness (QED) is 0.436. The number of pyridine rings is 1. The maximum absolute atomic E-state index is 11.9. The molecule has 0 unspecified atom stereocenters. The average Bonchev–Trinajstić information content (AvgIpc) is 1.92.